The van der Waals surface area contributed by atoms with Crippen LogP contribution in [0.5, 0.6) is 0 Å². The van der Waals surface area contributed by atoms with Crippen LogP contribution in [0.1, 0.15) is 49.7 Å². The van der Waals surface area contributed by atoms with Gasteiger partial charge in [-0.3, -0.25) is 9.59 Å². The van der Waals surface area contributed by atoms with Gasteiger partial charge in [-0.1, -0.05) is 48.5 Å². The Labute approximate surface area is 203 Å². The molecule has 9 nitrogen and oxygen atoms in total. The average molecular weight is 483 g/mol. The largest absolute Gasteiger partial charge is 0.480 e. The quantitative estimate of drug-likeness (QED) is 0.419. The molecule has 2 atom stereocenters. The van der Waals surface area contributed by atoms with E-state index in [0.29, 0.717) is 6.42 Å². The van der Waals surface area contributed by atoms with Gasteiger partial charge in [0, 0.05) is 24.8 Å². The summed E-state index contributed by atoms with van der Waals surface area (Å²) in [6.07, 6.45) is -0.470. The molecular weight excluding hydrogens is 452 g/mol. The maximum atomic E-state index is 12.4. The topological polar surface area (TPSA) is 131 Å². The van der Waals surface area contributed by atoms with Gasteiger partial charge in [0.2, 0.25) is 5.91 Å². The van der Waals surface area contributed by atoms with E-state index >= 15 is 0 Å². The van der Waals surface area contributed by atoms with E-state index in [1.54, 1.807) is 6.92 Å². The van der Waals surface area contributed by atoms with Crippen LogP contribution in [0.4, 0.5) is 4.79 Å². The number of alkyl carbamates (subject to hydrolysis) is 1. The van der Waals surface area contributed by atoms with Gasteiger partial charge in [0.1, 0.15) is 12.6 Å². The number of methoxy groups -OCH3 is 1. The van der Waals surface area contributed by atoms with E-state index in [0.717, 1.165) is 22.3 Å². The maximum Gasteiger partial charge on any atom is 0.407 e. The third-order valence-electron chi connectivity index (χ3n) is 6.01. The van der Waals surface area contributed by atoms with Gasteiger partial charge < -0.3 is 25.2 Å². The van der Waals surface area contributed by atoms with E-state index in [-0.39, 0.29) is 37.8 Å². The Kier molecular flexibility index (Phi) is 8.83. The van der Waals surface area contributed by atoms with Crippen LogP contribution >= 0.6 is 0 Å². The summed E-state index contributed by atoms with van der Waals surface area (Å²) in [6.45, 7) is 1.92. The monoisotopic (exact) mass is 482 g/mol. The number of carboxylic acid groups (broad SMARTS) is 1. The number of benzene rings is 2. The highest BCUT2D eigenvalue weighted by Crippen LogP contribution is 2.44. The summed E-state index contributed by atoms with van der Waals surface area (Å²) < 4.78 is 10.00. The van der Waals surface area contributed by atoms with Crippen molar-refractivity contribution in [3.8, 4) is 11.1 Å². The van der Waals surface area contributed by atoms with Crippen molar-refractivity contribution < 1.29 is 33.8 Å². The Hall–Kier alpha value is -3.88. The lowest BCUT2D eigenvalue weighted by Crippen LogP contribution is -2.42. The first-order valence-electron chi connectivity index (χ1n) is 11.5. The first-order valence-corrected chi connectivity index (χ1v) is 11.5. The fourth-order valence-electron chi connectivity index (χ4n) is 4.15. The number of hydrogen-bond donors (Lipinski definition) is 3. The predicted molar refractivity (Wildman–Crippen MR) is 128 cm³/mol. The van der Waals surface area contributed by atoms with Gasteiger partial charge in [0.25, 0.3) is 0 Å². The summed E-state index contributed by atoms with van der Waals surface area (Å²) in [5, 5.41) is 14.3. The van der Waals surface area contributed by atoms with Crippen molar-refractivity contribution in [2.24, 2.45) is 0 Å². The van der Waals surface area contributed by atoms with E-state index in [2.05, 4.69) is 27.5 Å². The second kappa shape index (κ2) is 12.0. The van der Waals surface area contributed by atoms with Crippen molar-refractivity contribution in [1.29, 1.82) is 0 Å². The molecule has 0 heterocycles. The molecule has 0 fully saturated rings. The molecule has 9 heteroatoms. The average Bonchev–Trinajstić information content (AvgIpc) is 3.17. The fourth-order valence-corrected chi connectivity index (χ4v) is 4.15. The molecule has 3 N–H and O–H groups in total. The first kappa shape index (κ1) is 25.7. The van der Waals surface area contributed by atoms with Crippen molar-refractivity contribution in [1.82, 2.24) is 10.6 Å². The van der Waals surface area contributed by atoms with E-state index in [4.69, 9.17) is 4.74 Å². The van der Waals surface area contributed by atoms with E-state index in [9.17, 15) is 24.3 Å². The molecule has 0 aliphatic heterocycles. The van der Waals surface area contributed by atoms with Crippen LogP contribution in [-0.4, -0.2) is 54.8 Å². The molecule has 0 spiro atoms. The lowest BCUT2D eigenvalue weighted by Gasteiger charge is -2.18. The Balaban J connectivity index is 1.44. The van der Waals surface area contributed by atoms with Crippen LogP contribution in [-0.2, 0) is 23.9 Å². The zero-order chi connectivity index (χ0) is 25.4. The molecule has 1 aliphatic carbocycles. The highest BCUT2D eigenvalue weighted by atomic mass is 16.5. The summed E-state index contributed by atoms with van der Waals surface area (Å²) in [6, 6.07) is 14.6. The number of hydrogen-bond acceptors (Lipinski definition) is 6. The lowest BCUT2D eigenvalue weighted by atomic mass is 9.98. The van der Waals surface area contributed by atoms with Gasteiger partial charge >= 0.3 is 18.0 Å². The van der Waals surface area contributed by atoms with Crippen molar-refractivity contribution in [2.75, 3.05) is 13.7 Å². The molecule has 0 aromatic heterocycles. The Morgan fingerprint density at radius 2 is 1.51 bits per heavy atom. The van der Waals surface area contributed by atoms with Crippen LogP contribution in [0.15, 0.2) is 48.5 Å². The van der Waals surface area contributed by atoms with Crippen molar-refractivity contribution in [3.63, 3.8) is 0 Å². The van der Waals surface area contributed by atoms with Gasteiger partial charge in [-0.2, -0.15) is 0 Å². The Morgan fingerprint density at radius 3 is 2.09 bits per heavy atom. The number of carbonyl (C=O) groups is 4. The molecule has 0 saturated carbocycles. The van der Waals surface area contributed by atoms with Crippen molar-refractivity contribution >= 4 is 23.9 Å². The number of nitrogens with one attached hydrogen (secondary N) is 2. The van der Waals surface area contributed by atoms with Gasteiger partial charge in [0.05, 0.1) is 7.11 Å². The van der Waals surface area contributed by atoms with Crippen LogP contribution in [0.3, 0.4) is 0 Å². The minimum atomic E-state index is -1.23. The van der Waals surface area contributed by atoms with Crippen molar-refractivity contribution in [2.45, 2.75) is 50.6 Å². The van der Waals surface area contributed by atoms with Gasteiger partial charge in [-0.05, 0) is 42.0 Å². The standard InChI is InChI=1S/C26H30N2O7/c1-16(11-13-23(29)28-22(25(31)32)12-14-24(30)34-2)27-26(33)35-15-21-19-9-5-3-7-17(19)18-8-4-6-10-20(18)21/h3-10,16,21-22H,11-15H2,1-2H3,(H,27,33)(H,28,29)(H,31,32). The molecule has 0 saturated heterocycles. The Bertz CT molecular complexity index is 1040. The normalized spacial score (nSPS) is 13.7. The molecule has 2 aromatic rings. The van der Waals surface area contributed by atoms with Gasteiger partial charge in [-0.25, -0.2) is 9.59 Å². The highest BCUT2D eigenvalue weighted by Gasteiger charge is 2.29. The van der Waals surface area contributed by atoms with Crippen LogP contribution < -0.4 is 10.6 Å². The highest BCUT2D eigenvalue weighted by molar-refractivity contribution is 5.84. The number of amides is 2. The zero-order valence-corrected chi connectivity index (χ0v) is 19.8. The zero-order valence-electron chi connectivity index (χ0n) is 19.8. The minimum absolute atomic E-state index is 0.00677. The number of fused-ring (bicyclic) bond motifs is 3. The number of ether oxygens (including phenoxy) is 2. The van der Waals surface area contributed by atoms with Gasteiger partial charge in [0.15, 0.2) is 0 Å². The molecule has 35 heavy (non-hydrogen) atoms. The van der Waals surface area contributed by atoms with Crippen molar-refractivity contribution in [3.05, 3.63) is 59.7 Å². The molecule has 2 unspecified atom stereocenters. The number of aliphatic carboxylic acids is 1. The second-order valence-corrected chi connectivity index (χ2v) is 8.48. The molecule has 0 bridgehead atoms. The fraction of sp³-hybridized carbons (Fsp3) is 0.385. The third kappa shape index (κ3) is 6.81. The first-order chi connectivity index (χ1) is 16.8. The Morgan fingerprint density at radius 1 is 0.914 bits per heavy atom. The molecule has 2 amide bonds. The minimum Gasteiger partial charge on any atom is -0.480 e. The lowest BCUT2D eigenvalue weighted by molar-refractivity contribution is -0.144. The summed E-state index contributed by atoms with van der Waals surface area (Å²) in [5.74, 6) is -2.31. The van der Waals surface area contributed by atoms with E-state index in [1.165, 1.54) is 7.11 Å². The van der Waals surface area contributed by atoms with Crippen LogP contribution in [0.25, 0.3) is 11.1 Å². The SMILES string of the molecule is COC(=O)CCC(NC(=O)CCC(C)NC(=O)OCC1c2ccccc2-c2ccccc21)C(=O)O. The molecular formula is C26H30N2O7. The number of esters is 1. The summed E-state index contributed by atoms with van der Waals surface area (Å²) >= 11 is 0. The van der Waals surface area contributed by atoms with Crippen LogP contribution in [0, 0.1) is 0 Å². The number of carboxylic acids is 1. The number of rotatable bonds is 11. The maximum absolute atomic E-state index is 12.4. The van der Waals surface area contributed by atoms with Crippen LogP contribution in [0.2, 0.25) is 0 Å². The summed E-state index contributed by atoms with van der Waals surface area (Å²) in [7, 11) is 1.21. The summed E-state index contributed by atoms with van der Waals surface area (Å²) in [5.41, 5.74) is 4.52. The third-order valence-corrected chi connectivity index (χ3v) is 6.01. The molecule has 1 aliphatic rings. The smallest absolute Gasteiger partial charge is 0.407 e. The molecule has 2 aromatic carbocycles. The second-order valence-electron chi connectivity index (χ2n) is 8.48. The number of carbonyl (C=O) groups excluding carboxylic acids is 3. The molecule has 186 valence electrons. The van der Waals surface area contributed by atoms with Gasteiger partial charge in [-0.15, -0.1) is 0 Å². The van der Waals surface area contributed by atoms with E-state index < -0.39 is 30.0 Å². The summed E-state index contributed by atoms with van der Waals surface area (Å²) in [4.78, 5) is 47.1. The predicted octanol–water partition coefficient (Wildman–Crippen LogP) is 3.22. The molecule has 0 radical (unpaired) electrons. The van der Waals surface area contributed by atoms with E-state index in [1.807, 2.05) is 36.4 Å². The molecule has 3 rings (SSSR count).